The predicted molar refractivity (Wildman–Crippen MR) is 80.5 cm³/mol. The number of benzene rings is 1. The summed E-state index contributed by atoms with van der Waals surface area (Å²) < 4.78 is 7.12. The van der Waals surface area contributed by atoms with Crippen LogP contribution in [0.3, 0.4) is 0 Å². The van der Waals surface area contributed by atoms with Crippen molar-refractivity contribution in [2.45, 2.75) is 25.1 Å². The number of hydrogen-bond acceptors (Lipinski definition) is 3. The Hall–Kier alpha value is -0.190. The molecule has 1 aromatic carbocycles. The van der Waals surface area contributed by atoms with Gasteiger partial charge in [0.2, 0.25) is 0 Å². The maximum atomic E-state index is 5.87. The molecule has 0 aromatic heterocycles. The molecule has 3 rings (SSSR count). The fourth-order valence-electron chi connectivity index (χ4n) is 3.02. The second-order valence-electron chi connectivity index (χ2n) is 5.10. The van der Waals surface area contributed by atoms with Crippen molar-refractivity contribution in [2.75, 3.05) is 19.4 Å². The van der Waals surface area contributed by atoms with Gasteiger partial charge >= 0.3 is 0 Å². The second-order valence-corrected chi connectivity index (χ2v) is 6.98. The van der Waals surface area contributed by atoms with Gasteiger partial charge in [0, 0.05) is 28.3 Å². The van der Waals surface area contributed by atoms with Gasteiger partial charge in [0.25, 0.3) is 0 Å². The summed E-state index contributed by atoms with van der Waals surface area (Å²) in [6.45, 7) is 3.16. The molecule has 0 amide bonds. The monoisotopic (exact) mass is 327 g/mol. The Bertz CT molecular complexity index is 477. The lowest BCUT2D eigenvalue weighted by molar-refractivity contribution is 0.353. The van der Waals surface area contributed by atoms with Crippen LogP contribution in [0.1, 0.15) is 29.7 Å². The second kappa shape index (κ2) is 5.06. The number of rotatable bonds is 1. The van der Waals surface area contributed by atoms with Crippen molar-refractivity contribution in [3.63, 3.8) is 0 Å². The third kappa shape index (κ3) is 1.98. The zero-order valence-electron chi connectivity index (χ0n) is 10.8. The molecule has 2 aliphatic rings. The van der Waals surface area contributed by atoms with Crippen molar-refractivity contribution >= 4 is 27.7 Å². The Morgan fingerprint density at radius 2 is 2.33 bits per heavy atom. The maximum absolute atomic E-state index is 5.87. The van der Waals surface area contributed by atoms with Crippen LogP contribution in [0.2, 0.25) is 0 Å². The van der Waals surface area contributed by atoms with Crippen molar-refractivity contribution in [3.8, 4) is 5.75 Å². The van der Waals surface area contributed by atoms with E-state index < -0.39 is 0 Å². The van der Waals surface area contributed by atoms with Crippen molar-refractivity contribution in [2.24, 2.45) is 5.92 Å². The van der Waals surface area contributed by atoms with Crippen LogP contribution in [0, 0.1) is 5.92 Å². The summed E-state index contributed by atoms with van der Waals surface area (Å²) in [4.78, 5) is 0. The first-order valence-corrected chi connectivity index (χ1v) is 8.39. The van der Waals surface area contributed by atoms with E-state index in [1.807, 2.05) is 11.8 Å². The topological polar surface area (TPSA) is 21.3 Å². The van der Waals surface area contributed by atoms with Gasteiger partial charge in [-0.25, -0.2) is 0 Å². The number of fused-ring (bicyclic) bond motifs is 3. The number of hydrogen-bond donors (Lipinski definition) is 1. The lowest BCUT2D eigenvalue weighted by Gasteiger charge is -2.24. The first kappa shape index (κ1) is 12.8. The van der Waals surface area contributed by atoms with Gasteiger partial charge in [0.05, 0.1) is 6.61 Å². The largest absolute Gasteiger partial charge is 0.493 e. The van der Waals surface area contributed by atoms with E-state index in [0.29, 0.717) is 12.0 Å². The van der Waals surface area contributed by atoms with Crippen LogP contribution >= 0.6 is 27.7 Å². The van der Waals surface area contributed by atoms with Gasteiger partial charge in [-0.2, -0.15) is 11.8 Å². The lowest BCUT2D eigenvalue weighted by atomic mass is 9.91. The van der Waals surface area contributed by atoms with E-state index in [2.05, 4.69) is 41.3 Å². The van der Waals surface area contributed by atoms with Crippen LogP contribution in [-0.4, -0.2) is 19.4 Å². The molecule has 2 nitrogen and oxygen atoms in total. The molecule has 0 aliphatic carbocycles. The van der Waals surface area contributed by atoms with E-state index in [0.717, 1.165) is 24.5 Å². The number of halogens is 1. The first-order valence-electron chi connectivity index (χ1n) is 6.44. The average Bonchev–Trinajstić information content (AvgIpc) is 2.73. The highest BCUT2D eigenvalue weighted by Crippen LogP contribution is 2.45. The van der Waals surface area contributed by atoms with E-state index in [9.17, 15) is 0 Å². The first-order chi connectivity index (χ1) is 8.72. The van der Waals surface area contributed by atoms with E-state index in [1.165, 1.54) is 26.9 Å². The molecule has 2 heterocycles. The number of nitrogens with one attached hydrogen (secondary N) is 1. The summed E-state index contributed by atoms with van der Waals surface area (Å²) in [5, 5.41) is 3.48. The number of thioether (sulfide) groups is 1. The Kier molecular flexibility index (Phi) is 3.61. The molecule has 0 saturated carbocycles. The molecule has 0 radical (unpaired) electrons. The molecule has 18 heavy (non-hydrogen) atoms. The van der Waals surface area contributed by atoms with Gasteiger partial charge in [-0.05, 0) is 35.9 Å². The zero-order chi connectivity index (χ0) is 12.7. The Labute approximate surface area is 121 Å². The summed E-state index contributed by atoms with van der Waals surface area (Å²) in [6.07, 6.45) is 1.05. The molecule has 1 N–H and O–H groups in total. The molecule has 0 bridgehead atoms. The molecule has 2 atom stereocenters. The minimum Gasteiger partial charge on any atom is -0.493 e. The molecule has 0 fully saturated rings. The third-order valence-electron chi connectivity index (χ3n) is 3.89. The quantitative estimate of drug-likeness (QED) is 0.852. The van der Waals surface area contributed by atoms with Crippen molar-refractivity contribution in [1.82, 2.24) is 5.32 Å². The Balaban J connectivity index is 2.19. The summed E-state index contributed by atoms with van der Waals surface area (Å²) in [7, 11) is 2.06. The van der Waals surface area contributed by atoms with Gasteiger partial charge in [-0.15, -0.1) is 0 Å². The van der Waals surface area contributed by atoms with E-state index in [1.54, 1.807) is 0 Å². The Morgan fingerprint density at radius 3 is 3.11 bits per heavy atom. The van der Waals surface area contributed by atoms with Gasteiger partial charge in [0.15, 0.2) is 0 Å². The summed E-state index contributed by atoms with van der Waals surface area (Å²) in [5.41, 5.74) is 4.19. The zero-order valence-corrected chi connectivity index (χ0v) is 13.2. The molecule has 2 unspecified atom stereocenters. The standard InChI is InChI=1S/C14H18BrNOS/c1-8-6-18-7-10-12(13(8)16-2)11(15)5-9-3-4-17-14(9)10/h5,8,13,16H,3-4,6-7H2,1-2H3. The molecule has 4 heteroatoms. The molecule has 2 aliphatic heterocycles. The average molecular weight is 328 g/mol. The summed E-state index contributed by atoms with van der Waals surface area (Å²) in [5.74, 6) is 4.06. The van der Waals surface area contributed by atoms with E-state index in [4.69, 9.17) is 4.74 Å². The summed E-state index contributed by atoms with van der Waals surface area (Å²) >= 11 is 5.79. The highest BCUT2D eigenvalue weighted by atomic mass is 79.9. The van der Waals surface area contributed by atoms with Gasteiger partial charge in [0.1, 0.15) is 5.75 Å². The van der Waals surface area contributed by atoms with Crippen LogP contribution in [0.5, 0.6) is 5.75 Å². The highest BCUT2D eigenvalue weighted by molar-refractivity contribution is 9.10. The van der Waals surface area contributed by atoms with Crippen LogP contribution in [-0.2, 0) is 12.2 Å². The van der Waals surface area contributed by atoms with Crippen molar-refractivity contribution in [3.05, 3.63) is 27.2 Å². The Morgan fingerprint density at radius 1 is 1.50 bits per heavy atom. The normalized spacial score (nSPS) is 26.2. The molecular weight excluding hydrogens is 310 g/mol. The summed E-state index contributed by atoms with van der Waals surface area (Å²) in [6, 6.07) is 2.67. The van der Waals surface area contributed by atoms with E-state index in [-0.39, 0.29) is 0 Å². The van der Waals surface area contributed by atoms with E-state index >= 15 is 0 Å². The minimum absolute atomic E-state index is 0.416. The SMILES string of the molecule is CNC1c2c(Br)cc3c(c2CSCC1C)OCC3. The molecule has 1 aromatic rings. The fourth-order valence-corrected chi connectivity index (χ4v) is 4.96. The van der Waals surface area contributed by atoms with Crippen LogP contribution < -0.4 is 10.1 Å². The van der Waals surface area contributed by atoms with Crippen LogP contribution in [0.25, 0.3) is 0 Å². The highest BCUT2D eigenvalue weighted by Gasteiger charge is 2.30. The van der Waals surface area contributed by atoms with Crippen LogP contribution in [0.4, 0.5) is 0 Å². The van der Waals surface area contributed by atoms with Gasteiger partial charge < -0.3 is 10.1 Å². The number of ether oxygens (including phenoxy) is 1. The van der Waals surface area contributed by atoms with Gasteiger partial charge in [-0.1, -0.05) is 22.9 Å². The fraction of sp³-hybridized carbons (Fsp3) is 0.571. The predicted octanol–water partition coefficient (Wildman–Crippen LogP) is 3.53. The molecule has 0 saturated heterocycles. The smallest absolute Gasteiger partial charge is 0.127 e. The van der Waals surface area contributed by atoms with Crippen LogP contribution in [0.15, 0.2) is 10.5 Å². The molecular formula is C14H18BrNOS. The van der Waals surface area contributed by atoms with Gasteiger partial charge in [-0.3, -0.25) is 0 Å². The molecule has 98 valence electrons. The minimum atomic E-state index is 0.416. The maximum Gasteiger partial charge on any atom is 0.127 e. The third-order valence-corrected chi connectivity index (χ3v) is 5.80. The van der Waals surface area contributed by atoms with Crippen molar-refractivity contribution < 1.29 is 4.74 Å². The molecule has 0 spiro atoms. The van der Waals surface area contributed by atoms with Crippen molar-refractivity contribution in [1.29, 1.82) is 0 Å². The lowest BCUT2D eigenvalue weighted by Crippen LogP contribution is -2.25.